The Bertz CT molecular complexity index is 1300. The largest absolute Gasteiger partial charge is 0.496 e. The average molecular weight is 453 g/mol. The van der Waals surface area contributed by atoms with Crippen LogP contribution >= 0.6 is 0 Å². The number of benzene rings is 2. The first-order valence-electron chi connectivity index (χ1n) is 11.7. The molecule has 0 saturated carbocycles. The molecule has 0 atom stereocenters. The summed E-state index contributed by atoms with van der Waals surface area (Å²) in [6.45, 7) is 4.92. The summed E-state index contributed by atoms with van der Waals surface area (Å²) in [4.78, 5) is 17.4. The van der Waals surface area contributed by atoms with E-state index in [0.717, 1.165) is 79.3 Å². The van der Waals surface area contributed by atoms with Crippen molar-refractivity contribution in [2.75, 3.05) is 44.7 Å². The van der Waals surface area contributed by atoms with Gasteiger partial charge in [-0.3, -0.25) is 4.90 Å². The Morgan fingerprint density at radius 1 is 1.06 bits per heavy atom. The van der Waals surface area contributed by atoms with E-state index in [0.29, 0.717) is 5.56 Å². The molecule has 0 amide bonds. The molecular weight excluding hydrogens is 424 g/mol. The van der Waals surface area contributed by atoms with Crippen LogP contribution < -0.4 is 9.64 Å². The number of aromatic amines is 1. The number of nitriles is 1. The Morgan fingerprint density at radius 3 is 2.62 bits per heavy atom. The minimum Gasteiger partial charge on any atom is -0.496 e. The molecule has 0 aliphatic carbocycles. The molecule has 1 saturated heterocycles. The monoisotopic (exact) mass is 452 g/mol. The molecule has 3 heterocycles. The van der Waals surface area contributed by atoms with Crippen molar-refractivity contribution in [2.24, 2.45) is 0 Å². The quantitative estimate of drug-likeness (QED) is 0.451. The summed E-state index contributed by atoms with van der Waals surface area (Å²) in [7, 11) is 1.68. The van der Waals surface area contributed by atoms with Crippen LogP contribution in [0.25, 0.3) is 22.0 Å². The molecule has 1 aliphatic rings. The number of fused-ring (bicyclic) bond motifs is 1. The van der Waals surface area contributed by atoms with E-state index < -0.39 is 0 Å². The number of ether oxygens (including phenoxy) is 1. The normalized spacial score (nSPS) is 14.3. The fourth-order valence-corrected chi connectivity index (χ4v) is 4.63. The average Bonchev–Trinajstić information content (AvgIpc) is 3.31. The predicted molar refractivity (Wildman–Crippen MR) is 134 cm³/mol. The lowest BCUT2D eigenvalue weighted by atomic mass is 10.1. The van der Waals surface area contributed by atoms with E-state index in [2.05, 4.69) is 37.0 Å². The van der Waals surface area contributed by atoms with E-state index in [1.807, 2.05) is 54.9 Å². The summed E-state index contributed by atoms with van der Waals surface area (Å²) in [5.74, 6) is 1.61. The molecular formula is C27H28N6O. The number of rotatable bonds is 7. The van der Waals surface area contributed by atoms with E-state index in [1.54, 1.807) is 7.11 Å². The van der Waals surface area contributed by atoms with Gasteiger partial charge < -0.3 is 14.6 Å². The van der Waals surface area contributed by atoms with Gasteiger partial charge in [-0.1, -0.05) is 18.2 Å². The highest BCUT2D eigenvalue weighted by atomic mass is 16.5. The van der Waals surface area contributed by atoms with Gasteiger partial charge in [-0.15, -0.1) is 0 Å². The summed E-state index contributed by atoms with van der Waals surface area (Å²) in [6.07, 6.45) is 7.93. The molecule has 0 unspecified atom stereocenters. The molecule has 0 spiro atoms. The van der Waals surface area contributed by atoms with Crippen LogP contribution in [0.15, 0.2) is 61.1 Å². The Morgan fingerprint density at radius 2 is 1.85 bits per heavy atom. The van der Waals surface area contributed by atoms with Crippen LogP contribution in [0.1, 0.15) is 17.5 Å². The van der Waals surface area contributed by atoms with Gasteiger partial charge in [0.1, 0.15) is 5.75 Å². The molecule has 1 N–H and O–H groups in total. The maximum Gasteiger partial charge on any atom is 0.225 e. The zero-order valence-corrected chi connectivity index (χ0v) is 19.4. The number of piperazine rings is 1. The van der Waals surface area contributed by atoms with Crippen LogP contribution in [0.5, 0.6) is 5.75 Å². The maximum absolute atomic E-state index is 9.18. The highest BCUT2D eigenvalue weighted by Gasteiger charge is 2.19. The molecule has 7 heteroatoms. The second kappa shape index (κ2) is 9.94. The van der Waals surface area contributed by atoms with Crippen LogP contribution in [0.3, 0.4) is 0 Å². The number of hydrogen-bond donors (Lipinski definition) is 1. The van der Waals surface area contributed by atoms with Gasteiger partial charge in [0.2, 0.25) is 5.95 Å². The molecule has 1 aliphatic heterocycles. The van der Waals surface area contributed by atoms with Gasteiger partial charge in [0, 0.05) is 66.8 Å². The number of aryl methyl sites for hydroxylation is 1. The topological polar surface area (TPSA) is 81.1 Å². The number of nitrogens with one attached hydrogen (secondary N) is 1. The number of methoxy groups -OCH3 is 1. The molecule has 5 rings (SSSR count). The third kappa shape index (κ3) is 4.59. The van der Waals surface area contributed by atoms with Gasteiger partial charge in [-0.2, -0.15) is 5.26 Å². The standard InChI is InChI=1S/C27H28N6O/c1-34-26-7-3-2-6-23(26)22-18-30-27(31-19-22)33-13-11-32(12-14-33)10-4-5-21-17-29-25-9-8-20(16-28)15-24(21)25/h2-3,6-9,15,17-19,29H,4-5,10-14H2,1H3. The zero-order chi connectivity index (χ0) is 23.3. The van der Waals surface area contributed by atoms with Gasteiger partial charge in [0.25, 0.3) is 0 Å². The summed E-state index contributed by atoms with van der Waals surface area (Å²) in [5, 5.41) is 10.3. The lowest BCUT2D eigenvalue weighted by molar-refractivity contribution is 0.254. The lowest BCUT2D eigenvalue weighted by Gasteiger charge is -2.34. The number of hydrogen-bond acceptors (Lipinski definition) is 6. The van der Waals surface area contributed by atoms with Crippen molar-refractivity contribution in [2.45, 2.75) is 12.8 Å². The lowest BCUT2D eigenvalue weighted by Crippen LogP contribution is -2.47. The smallest absolute Gasteiger partial charge is 0.225 e. The van der Waals surface area contributed by atoms with Crippen LogP contribution in [-0.2, 0) is 6.42 Å². The van der Waals surface area contributed by atoms with Crippen molar-refractivity contribution < 1.29 is 4.74 Å². The molecule has 34 heavy (non-hydrogen) atoms. The highest BCUT2D eigenvalue weighted by Crippen LogP contribution is 2.29. The molecule has 4 aromatic rings. The Balaban J connectivity index is 1.13. The second-order valence-electron chi connectivity index (χ2n) is 8.59. The van der Waals surface area contributed by atoms with Crippen molar-refractivity contribution in [1.29, 1.82) is 5.26 Å². The summed E-state index contributed by atoms with van der Waals surface area (Å²) in [6, 6.07) is 16.0. The van der Waals surface area contributed by atoms with E-state index in [1.165, 1.54) is 5.56 Å². The van der Waals surface area contributed by atoms with Gasteiger partial charge >= 0.3 is 0 Å². The van der Waals surface area contributed by atoms with Crippen LogP contribution in [0, 0.1) is 11.3 Å². The molecule has 0 bridgehead atoms. The summed E-state index contributed by atoms with van der Waals surface area (Å²) >= 11 is 0. The summed E-state index contributed by atoms with van der Waals surface area (Å²) < 4.78 is 5.46. The van der Waals surface area contributed by atoms with E-state index in [9.17, 15) is 5.26 Å². The van der Waals surface area contributed by atoms with Gasteiger partial charge in [-0.25, -0.2) is 9.97 Å². The molecule has 2 aromatic carbocycles. The first-order chi connectivity index (χ1) is 16.7. The maximum atomic E-state index is 9.18. The number of anilines is 1. The Labute approximate surface area is 199 Å². The Hall–Kier alpha value is -3.89. The number of aromatic nitrogens is 3. The van der Waals surface area contributed by atoms with Crippen molar-refractivity contribution >= 4 is 16.9 Å². The predicted octanol–water partition coefficient (Wildman–Crippen LogP) is 4.26. The van der Waals surface area contributed by atoms with E-state index in [-0.39, 0.29) is 0 Å². The van der Waals surface area contributed by atoms with Crippen LogP contribution in [0.4, 0.5) is 5.95 Å². The zero-order valence-electron chi connectivity index (χ0n) is 19.4. The molecule has 172 valence electrons. The highest BCUT2D eigenvalue weighted by molar-refractivity contribution is 5.84. The number of para-hydroxylation sites is 1. The van der Waals surface area contributed by atoms with Crippen molar-refractivity contribution in [3.05, 3.63) is 72.2 Å². The fourth-order valence-electron chi connectivity index (χ4n) is 4.63. The second-order valence-corrected chi connectivity index (χ2v) is 8.59. The molecule has 1 fully saturated rings. The van der Waals surface area contributed by atoms with Crippen molar-refractivity contribution in [1.82, 2.24) is 19.9 Å². The van der Waals surface area contributed by atoms with E-state index >= 15 is 0 Å². The van der Waals surface area contributed by atoms with Gasteiger partial charge in [0.15, 0.2) is 0 Å². The van der Waals surface area contributed by atoms with E-state index in [4.69, 9.17) is 4.74 Å². The molecule has 7 nitrogen and oxygen atoms in total. The minimum absolute atomic E-state index is 0.711. The SMILES string of the molecule is COc1ccccc1-c1cnc(N2CCN(CCCc3c[nH]c4ccc(C#N)cc34)CC2)nc1. The first kappa shape index (κ1) is 21.9. The fraction of sp³-hybridized carbons (Fsp3) is 0.296. The van der Waals surface area contributed by atoms with Gasteiger partial charge in [-0.05, 0) is 49.2 Å². The summed E-state index contributed by atoms with van der Waals surface area (Å²) in [5.41, 5.74) is 5.05. The van der Waals surface area contributed by atoms with Crippen LogP contribution in [0.2, 0.25) is 0 Å². The van der Waals surface area contributed by atoms with Crippen molar-refractivity contribution in [3.63, 3.8) is 0 Å². The number of H-pyrrole nitrogens is 1. The minimum atomic E-state index is 0.711. The third-order valence-corrected chi connectivity index (χ3v) is 6.53. The molecule has 2 aromatic heterocycles. The Kier molecular flexibility index (Phi) is 6.41. The van der Waals surface area contributed by atoms with Gasteiger partial charge in [0.05, 0.1) is 18.7 Å². The van der Waals surface area contributed by atoms with Crippen LogP contribution in [-0.4, -0.2) is 59.7 Å². The first-order valence-corrected chi connectivity index (χ1v) is 11.7. The molecule has 0 radical (unpaired) electrons. The van der Waals surface area contributed by atoms with Crippen molar-refractivity contribution in [3.8, 4) is 22.9 Å². The third-order valence-electron chi connectivity index (χ3n) is 6.53. The number of nitrogens with zero attached hydrogens (tertiary/aromatic N) is 5.